The third-order valence-corrected chi connectivity index (χ3v) is 6.88. The van der Waals surface area contributed by atoms with Gasteiger partial charge in [-0.3, -0.25) is 24.1 Å². The van der Waals surface area contributed by atoms with Crippen molar-refractivity contribution in [3.8, 4) is 0 Å². The second kappa shape index (κ2) is 9.21. The molecule has 0 radical (unpaired) electrons. The van der Waals surface area contributed by atoms with E-state index >= 15 is 0 Å². The summed E-state index contributed by atoms with van der Waals surface area (Å²) in [4.78, 5) is 52.7. The third-order valence-electron chi connectivity index (χ3n) is 5.97. The second-order valence-electron chi connectivity index (χ2n) is 8.06. The Kier molecular flexibility index (Phi) is 6.41. The van der Waals surface area contributed by atoms with Crippen molar-refractivity contribution in [3.63, 3.8) is 0 Å². The number of nitrogens with zero attached hydrogens (tertiary/aromatic N) is 2. The minimum atomic E-state index is -0.433. The lowest BCUT2D eigenvalue weighted by Gasteiger charge is -2.24. The lowest BCUT2D eigenvalue weighted by atomic mass is 10.1. The second-order valence-corrected chi connectivity index (χ2v) is 9.05. The van der Waals surface area contributed by atoms with Gasteiger partial charge in [-0.05, 0) is 48.4 Å². The van der Waals surface area contributed by atoms with E-state index in [-0.39, 0.29) is 54.0 Å². The molecule has 31 heavy (non-hydrogen) atoms. The van der Waals surface area contributed by atoms with E-state index in [1.165, 1.54) is 24.3 Å². The number of thioether (sulfide) groups is 1. The highest BCUT2D eigenvalue weighted by Crippen LogP contribution is 2.32. The maximum absolute atomic E-state index is 13.0. The molecule has 1 N–H and O–H groups in total. The van der Waals surface area contributed by atoms with E-state index < -0.39 is 11.1 Å². The first-order chi connectivity index (χ1) is 14.9. The molecule has 4 amide bonds. The van der Waals surface area contributed by atoms with Crippen LogP contribution in [0.4, 0.5) is 9.18 Å². The number of imide groups is 1. The average molecular weight is 446 g/mol. The molecular formula is C22H24FN3O4S. The number of halogens is 1. The van der Waals surface area contributed by atoms with Gasteiger partial charge >= 0.3 is 0 Å². The molecule has 2 heterocycles. The number of benzene rings is 1. The van der Waals surface area contributed by atoms with Crippen LogP contribution < -0.4 is 5.32 Å². The highest BCUT2D eigenvalue weighted by Gasteiger charge is 2.39. The van der Waals surface area contributed by atoms with E-state index in [1.54, 1.807) is 6.08 Å². The Labute approximate surface area is 184 Å². The number of amides is 4. The minimum absolute atomic E-state index is 0.0314. The highest BCUT2D eigenvalue weighted by atomic mass is 32.2. The van der Waals surface area contributed by atoms with Crippen LogP contribution in [0.1, 0.15) is 37.7 Å². The highest BCUT2D eigenvalue weighted by molar-refractivity contribution is 8.18. The summed E-state index contributed by atoms with van der Waals surface area (Å²) < 4.78 is 13.0. The summed E-state index contributed by atoms with van der Waals surface area (Å²) in [6.07, 6.45) is 6.02. The van der Waals surface area contributed by atoms with Crippen LogP contribution in [0.3, 0.4) is 0 Å². The fourth-order valence-corrected chi connectivity index (χ4v) is 5.18. The molecule has 2 aliphatic heterocycles. The number of carbonyl (C=O) groups excluding carboxylic acids is 4. The molecule has 1 saturated carbocycles. The Hall–Kier alpha value is -2.68. The van der Waals surface area contributed by atoms with Crippen LogP contribution in [0.2, 0.25) is 0 Å². The molecule has 3 aliphatic rings. The van der Waals surface area contributed by atoms with Gasteiger partial charge in [0.2, 0.25) is 11.8 Å². The summed E-state index contributed by atoms with van der Waals surface area (Å²) in [5.74, 6) is -1.39. The van der Waals surface area contributed by atoms with Crippen LogP contribution in [-0.4, -0.2) is 58.4 Å². The number of hydrogen-bond acceptors (Lipinski definition) is 5. The molecule has 3 fully saturated rings. The number of nitrogens with one attached hydrogen (secondary N) is 1. The van der Waals surface area contributed by atoms with Gasteiger partial charge in [0, 0.05) is 32.1 Å². The minimum Gasteiger partial charge on any atom is -0.354 e. The van der Waals surface area contributed by atoms with Crippen LogP contribution in [-0.2, 0) is 14.4 Å². The summed E-state index contributed by atoms with van der Waals surface area (Å²) in [5, 5.41) is 2.35. The lowest BCUT2D eigenvalue weighted by Crippen LogP contribution is -2.40. The van der Waals surface area contributed by atoms with E-state index in [4.69, 9.17) is 0 Å². The quantitative estimate of drug-likeness (QED) is 0.681. The van der Waals surface area contributed by atoms with E-state index in [0.717, 1.165) is 42.3 Å². The summed E-state index contributed by atoms with van der Waals surface area (Å²) >= 11 is 0.820. The standard InChI is InChI=1S/C22H24FN3O4S/c23-16-7-5-14(6-8-16)11-18-21(29)25(22(30)31-18)10-9-24-20(28)15-12-19(27)26(13-15)17-3-1-2-4-17/h5-8,11,15,17H,1-4,9-10,12-13H2,(H,24,28)/b18-11-. The number of carbonyl (C=O) groups is 4. The van der Waals surface area contributed by atoms with Gasteiger partial charge in [-0.15, -0.1) is 0 Å². The summed E-state index contributed by atoms with van der Waals surface area (Å²) in [6, 6.07) is 5.89. The molecule has 0 spiro atoms. The van der Waals surface area contributed by atoms with Crippen molar-refractivity contribution in [1.29, 1.82) is 0 Å². The molecule has 164 valence electrons. The Morgan fingerprint density at radius 2 is 1.87 bits per heavy atom. The van der Waals surface area contributed by atoms with Crippen molar-refractivity contribution in [3.05, 3.63) is 40.6 Å². The summed E-state index contributed by atoms with van der Waals surface area (Å²) in [7, 11) is 0. The Balaban J connectivity index is 1.28. The fourth-order valence-electron chi connectivity index (χ4n) is 4.31. The zero-order valence-corrected chi connectivity index (χ0v) is 17.8. The van der Waals surface area contributed by atoms with E-state index in [0.29, 0.717) is 12.1 Å². The van der Waals surface area contributed by atoms with Crippen LogP contribution >= 0.6 is 11.8 Å². The lowest BCUT2D eigenvalue weighted by molar-refractivity contribution is -0.130. The first-order valence-corrected chi connectivity index (χ1v) is 11.3. The maximum Gasteiger partial charge on any atom is 0.293 e. The molecule has 1 unspecified atom stereocenters. The SMILES string of the molecule is O=C(NCCN1C(=O)S/C(=C\c2ccc(F)cc2)C1=O)C1CC(=O)N(C2CCCC2)C1. The molecule has 0 bridgehead atoms. The summed E-state index contributed by atoms with van der Waals surface area (Å²) in [5.41, 5.74) is 0.623. The number of likely N-dealkylation sites (tertiary alicyclic amines) is 1. The Morgan fingerprint density at radius 1 is 1.16 bits per heavy atom. The summed E-state index contributed by atoms with van der Waals surface area (Å²) in [6.45, 7) is 0.635. The van der Waals surface area contributed by atoms with Gasteiger partial charge in [-0.1, -0.05) is 25.0 Å². The number of hydrogen-bond donors (Lipinski definition) is 1. The smallest absolute Gasteiger partial charge is 0.293 e. The van der Waals surface area contributed by atoms with Crippen LogP contribution in [0.25, 0.3) is 6.08 Å². The molecular weight excluding hydrogens is 421 g/mol. The van der Waals surface area contributed by atoms with Gasteiger partial charge < -0.3 is 10.2 Å². The van der Waals surface area contributed by atoms with Gasteiger partial charge in [-0.2, -0.15) is 0 Å². The van der Waals surface area contributed by atoms with Crippen molar-refractivity contribution in [2.24, 2.45) is 5.92 Å². The molecule has 1 atom stereocenters. The molecule has 1 aromatic carbocycles. The van der Waals surface area contributed by atoms with Gasteiger partial charge in [0.05, 0.1) is 10.8 Å². The van der Waals surface area contributed by atoms with E-state index in [9.17, 15) is 23.6 Å². The number of rotatable bonds is 6. The van der Waals surface area contributed by atoms with Crippen molar-refractivity contribution in [2.45, 2.75) is 38.1 Å². The third kappa shape index (κ3) is 4.81. The van der Waals surface area contributed by atoms with Crippen molar-refractivity contribution < 1.29 is 23.6 Å². The van der Waals surface area contributed by atoms with Crippen molar-refractivity contribution in [2.75, 3.05) is 19.6 Å². The monoisotopic (exact) mass is 445 g/mol. The molecule has 1 aromatic rings. The largest absolute Gasteiger partial charge is 0.354 e. The van der Waals surface area contributed by atoms with Gasteiger partial charge in [0.15, 0.2) is 0 Å². The van der Waals surface area contributed by atoms with Crippen molar-refractivity contribution in [1.82, 2.24) is 15.1 Å². The molecule has 1 aliphatic carbocycles. The van der Waals surface area contributed by atoms with Gasteiger partial charge in [-0.25, -0.2) is 4.39 Å². The van der Waals surface area contributed by atoms with Gasteiger partial charge in [0.25, 0.3) is 11.1 Å². The molecule has 0 aromatic heterocycles. The van der Waals surface area contributed by atoms with E-state index in [2.05, 4.69) is 5.32 Å². The normalized spacial score (nSPS) is 23.5. The van der Waals surface area contributed by atoms with Crippen LogP contribution in [0.15, 0.2) is 29.2 Å². The van der Waals surface area contributed by atoms with Crippen LogP contribution in [0, 0.1) is 11.7 Å². The average Bonchev–Trinajstić information content (AvgIpc) is 3.46. The van der Waals surface area contributed by atoms with Gasteiger partial charge in [0.1, 0.15) is 5.82 Å². The fraction of sp³-hybridized carbons (Fsp3) is 0.455. The van der Waals surface area contributed by atoms with Crippen molar-refractivity contribution >= 4 is 40.8 Å². The Morgan fingerprint density at radius 3 is 2.58 bits per heavy atom. The van der Waals surface area contributed by atoms with E-state index in [1.807, 2.05) is 4.90 Å². The zero-order chi connectivity index (χ0) is 22.0. The molecule has 9 heteroatoms. The molecule has 4 rings (SSSR count). The molecule has 2 saturated heterocycles. The predicted octanol–water partition coefficient (Wildman–Crippen LogP) is 2.77. The first kappa shape index (κ1) is 21.5. The van der Waals surface area contributed by atoms with Crippen LogP contribution in [0.5, 0.6) is 0 Å². The predicted molar refractivity (Wildman–Crippen MR) is 114 cm³/mol. The molecule has 7 nitrogen and oxygen atoms in total. The zero-order valence-electron chi connectivity index (χ0n) is 17.0. The first-order valence-electron chi connectivity index (χ1n) is 10.5. The topological polar surface area (TPSA) is 86.8 Å². The maximum atomic E-state index is 13.0. The Bertz CT molecular complexity index is 927.